The summed E-state index contributed by atoms with van der Waals surface area (Å²) in [5, 5.41) is 15.5. The van der Waals surface area contributed by atoms with Gasteiger partial charge in [-0.3, -0.25) is 4.99 Å². The molecule has 25 heavy (non-hydrogen) atoms. The second kappa shape index (κ2) is 8.29. The Morgan fingerprint density at radius 2 is 1.92 bits per heavy atom. The Kier molecular flexibility index (Phi) is 6.13. The summed E-state index contributed by atoms with van der Waals surface area (Å²) in [5.41, 5.74) is 2.32. The van der Waals surface area contributed by atoms with Gasteiger partial charge in [-0.1, -0.05) is 38.1 Å². The van der Waals surface area contributed by atoms with E-state index in [-0.39, 0.29) is 11.2 Å². The molecule has 0 heterocycles. The molecule has 0 spiro atoms. The molecule has 0 amide bonds. The molecule has 0 atom stereocenters. The largest absolute Gasteiger partial charge is 0.356 e. The van der Waals surface area contributed by atoms with Crippen LogP contribution in [0.25, 0.3) is 0 Å². The summed E-state index contributed by atoms with van der Waals surface area (Å²) in [6.45, 7) is 5.28. The van der Waals surface area contributed by atoms with Crippen LogP contribution in [0.1, 0.15) is 30.5 Å². The lowest BCUT2D eigenvalue weighted by Gasteiger charge is -2.27. The molecule has 4 nitrogen and oxygen atoms in total. The van der Waals surface area contributed by atoms with E-state index in [9.17, 15) is 4.39 Å². The SMILES string of the molecule is CN=C(NCc1cccc(C#N)c1)NCC(C)(C)c1cccc(F)c1. The first kappa shape index (κ1) is 18.5. The van der Waals surface area contributed by atoms with Crippen molar-refractivity contribution in [2.75, 3.05) is 13.6 Å². The zero-order valence-electron chi connectivity index (χ0n) is 14.8. The number of nitrogens with one attached hydrogen (secondary N) is 2. The quantitative estimate of drug-likeness (QED) is 0.649. The number of nitriles is 1. The fourth-order valence-corrected chi connectivity index (χ4v) is 2.47. The predicted octanol–water partition coefficient (Wildman–Crippen LogP) is 3.34. The van der Waals surface area contributed by atoms with Crippen molar-refractivity contribution in [3.8, 4) is 6.07 Å². The van der Waals surface area contributed by atoms with E-state index in [0.29, 0.717) is 24.6 Å². The van der Waals surface area contributed by atoms with Crippen LogP contribution in [0.5, 0.6) is 0 Å². The van der Waals surface area contributed by atoms with E-state index in [4.69, 9.17) is 5.26 Å². The molecule has 2 rings (SSSR count). The van der Waals surface area contributed by atoms with Crippen molar-refractivity contribution in [2.24, 2.45) is 4.99 Å². The standard InChI is InChI=1S/C20H23FN4/c1-20(2,17-8-5-9-18(21)11-17)14-25-19(23-3)24-13-16-7-4-6-15(10-16)12-22/h4-11H,13-14H2,1-3H3,(H2,23,24,25). The van der Waals surface area contributed by atoms with Crippen LogP contribution >= 0.6 is 0 Å². The molecule has 0 fully saturated rings. The average Bonchev–Trinajstić information content (AvgIpc) is 2.62. The van der Waals surface area contributed by atoms with Crippen LogP contribution in [0, 0.1) is 17.1 Å². The van der Waals surface area contributed by atoms with Gasteiger partial charge in [0.05, 0.1) is 11.6 Å². The van der Waals surface area contributed by atoms with Gasteiger partial charge in [-0.15, -0.1) is 0 Å². The maximum absolute atomic E-state index is 13.5. The first-order valence-electron chi connectivity index (χ1n) is 8.14. The molecule has 0 aliphatic heterocycles. The van der Waals surface area contributed by atoms with Crippen molar-refractivity contribution >= 4 is 5.96 Å². The van der Waals surface area contributed by atoms with Crippen LogP contribution in [-0.2, 0) is 12.0 Å². The molecular formula is C20H23FN4. The second-order valence-corrected chi connectivity index (χ2v) is 6.49. The van der Waals surface area contributed by atoms with Crippen LogP contribution in [-0.4, -0.2) is 19.6 Å². The number of hydrogen-bond donors (Lipinski definition) is 2. The number of halogens is 1. The normalized spacial score (nSPS) is 11.7. The molecule has 0 aliphatic rings. The summed E-state index contributed by atoms with van der Waals surface area (Å²) in [4.78, 5) is 4.22. The number of aliphatic imine (C=N–C) groups is 1. The van der Waals surface area contributed by atoms with Gasteiger partial charge in [0.1, 0.15) is 5.82 Å². The third-order valence-electron chi connectivity index (χ3n) is 4.04. The van der Waals surface area contributed by atoms with E-state index in [1.165, 1.54) is 6.07 Å². The third-order valence-corrected chi connectivity index (χ3v) is 4.04. The summed E-state index contributed by atoms with van der Waals surface area (Å²) in [6.07, 6.45) is 0. The van der Waals surface area contributed by atoms with Crippen molar-refractivity contribution < 1.29 is 4.39 Å². The summed E-state index contributed by atoms with van der Waals surface area (Å²) in [7, 11) is 1.70. The van der Waals surface area contributed by atoms with E-state index in [1.807, 2.05) is 24.3 Å². The Morgan fingerprint density at radius 1 is 1.16 bits per heavy atom. The number of guanidine groups is 1. The van der Waals surface area contributed by atoms with Gasteiger partial charge in [0, 0.05) is 25.6 Å². The van der Waals surface area contributed by atoms with Crippen LogP contribution in [0.4, 0.5) is 4.39 Å². The van der Waals surface area contributed by atoms with Crippen molar-refractivity contribution in [3.05, 3.63) is 71.0 Å². The highest BCUT2D eigenvalue weighted by molar-refractivity contribution is 5.79. The maximum atomic E-state index is 13.5. The monoisotopic (exact) mass is 338 g/mol. The minimum Gasteiger partial charge on any atom is -0.356 e. The highest BCUT2D eigenvalue weighted by atomic mass is 19.1. The lowest BCUT2D eigenvalue weighted by atomic mass is 9.84. The molecule has 2 aromatic rings. The minimum absolute atomic E-state index is 0.231. The third kappa shape index (κ3) is 5.32. The molecule has 2 N–H and O–H groups in total. The summed E-state index contributed by atoms with van der Waals surface area (Å²) >= 11 is 0. The molecule has 130 valence electrons. The van der Waals surface area contributed by atoms with E-state index < -0.39 is 0 Å². The lowest BCUT2D eigenvalue weighted by molar-refractivity contribution is 0.503. The smallest absolute Gasteiger partial charge is 0.191 e. The summed E-state index contributed by atoms with van der Waals surface area (Å²) < 4.78 is 13.5. The van der Waals surface area contributed by atoms with Crippen molar-refractivity contribution in [2.45, 2.75) is 25.8 Å². The highest BCUT2D eigenvalue weighted by Crippen LogP contribution is 2.22. The van der Waals surface area contributed by atoms with Crippen molar-refractivity contribution in [1.29, 1.82) is 5.26 Å². The van der Waals surface area contributed by atoms with E-state index in [0.717, 1.165) is 11.1 Å². The molecule has 0 bridgehead atoms. The molecule has 0 saturated heterocycles. The summed E-state index contributed by atoms with van der Waals surface area (Å²) in [5.74, 6) is 0.428. The lowest BCUT2D eigenvalue weighted by Crippen LogP contribution is -2.43. The zero-order valence-corrected chi connectivity index (χ0v) is 14.8. The Bertz CT molecular complexity index is 790. The van der Waals surface area contributed by atoms with Crippen LogP contribution in [0.2, 0.25) is 0 Å². The fraction of sp³-hybridized carbons (Fsp3) is 0.300. The molecule has 5 heteroatoms. The Hall–Kier alpha value is -2.87. The van der Waals surface area contributed by atoms with Crippen LogP contribution in [0.3, 0.4) is 0 Å². The van der Waals surface area contributed by atoms with Crippen molar-refractivity contribution in [1.82, 2.24) is 10.6 Å². The maximum Gasteiger partial charge on any atom is 0.191 e. The van der Waals surface area contributed by atoms with Gasteiger partial charge in [0.2, 0.25) is 0 Å². The highest BCUT2D eigenvalue weighted by Gasteiger charge is 2.21. The number of rotatable bonds is 5. The van der Waals surface area contributed by atoms with Gasteiger partial charge in [-0.05, 0) is 35.4 Å². The van der Waals surface area contributed by atoms with Crippen molar-refractivity contribution in [3.63, 3.8) is 0 Å². The van der Waals surface area contributed by atoms with Gasteiger partial charge >= 0.3 is 0 Å². The molecule has 0 aromatic heterocycles. The zero-order chi connectivity index (χ0) is 18.3. The molecule has 2 aromatic carbocycles. The Labute approximate surface area is 148 Å². The fourth-order valence-electron chi connectivity index (χ4n) is 2.47. The second-order valence-electron chi connectivity index (χ2n) is 6.49. The molecule has 0 radical (unpaired) electrons. The number of benzene rings is 2. The molecule has 0 aliphatic carbocycles. The van der Waals surface area contributed by atoms with Crippen LogP contribution < -0.4 is 10.6 Å². The van der Waals surface area contributed by atoms with Gasteiger partial charge in [-0.25, -0.2) is 4.39 Å². The van der Waals surface area contributed by atoms with Gasteiger partial charge in [-0.2, -0.15) is 5.26 Å². The van der Waals surface area contributed by atoms with Crippen LogP contribution in [0.15, 0.2) is 53.5 Å². The van der Waals surface area contributed by atoms with E-state index in [2.05, 4.69) is 35.5 Å². The number of hydrogen-bond acceptors (Lipinski definition) is 2. The predicted molar refractivity (Wildman–Crippen MR) is 98.8 cm³/mol. The Balaban J connectivity index is 1.94. The Morgan fingerprint density at radius 3 is 2.60 bits per heavy atom. The number of nitrogens with zero attached hydrogens (tertiary/aromatic N) is 2. The first-order valence-corrected chi connectivity index (χ1v) is 8.14. The topological polar surface area (TPSA) is 60.2 Å². The van der Waals surface area contributed by atoms with Gasteiger partial charge < -0.3 is 10.6 Å². The van der Waals surface area contributed by atoms with E-state index in [1.54, 1.807) is 25.2 Å². The summed E-state index contributed by atoms with van der Waals surface area (Å²) in [6, 6.07) is 16.2. The van der Waals surface area contributed by atoms with Gasteiger partial charge in [0.25, 0.3) is 0 Å². The first-order chi connectivity index (χ1) is 11.9. The molecule has 0 saturated carbocycles. The molecular weight excluding hydrogens is 315 g/mol. The van der Waals surface area contributed by atoms with Gasteiger partial charge in [0.15, 0.2) is 5.96 Å². The van der Waals surface area contributed by atoms with E-state index >= 15 is 0 Å². The average molecular weight is 338 g/mol. The minimum atomic E-state index is -0.250. The molecule has 0 unspecified atom stereocenters.